The van der Waals surface area contributed by atoms with E-state index >= 15 is 0 Å². The van der Waals surface area contributed by atoms with Gasteiger partial charge in [-0.3, -0.25) is 4.79 Å². The lowest BCUT2D eigenvalue weighted by Crippen LogP contribution is -2.03. The summed E-state index contributed by atoms with van der Waals surface area (Å²) >= 11 is 0. The first-order chi connectivity index (χ1) is 6.63. The number of benzene rings is 1. The number of ether oxygens (including phenoxy) is 1. The lowest BCUT2D eigenvalue weighted by molar-refractivity contribution is 0.0860. The monoisotopic (exact) mass is 194 g/mol. The van der Waals surface area contributed by atoms with Crippen molar-refractivity contribution < 1.29 is 13.9 Å². The molecule has 0 N–H and O–H groups in total. The summed E-state index contributed by atoms with van der Waals surface area (Å²) in [4.78, 5) is 11.1. The fourth-order valence-corrected chi connectivity index (χ4v) is 1.00. The molecule has 0 bridgehead atoms. The van der Waals surface area contributed by atoms with E-state index in [-0.39, 0.29) is 5.78 Å². The molecular formula is C11H11FO2. The highest BCUT2D eigenvalue weighted by Gasteiger charge is 2.03. The van der Waals surface area contributed by atoms with Crippen LogP contribution in [0.1, 0.15) is 17.3 Å². The van der Waals surface area contributed by atoms with E-state index < -0.39 is 6.36 Å². The minimum atomic E-state index is -1.35. The standard InChI is InChI=1S/C11H11FO2/c1-3-11(13)9-4-6-10(7-5-9)14-8(2)12/h3-8H,1H2,2H3. The summed E-state index contributed by atoms with van der Waals surface area (Å²) in [5, 5.41) is 0. The first-order valence-electron chi connectivity index (χ1n) is 4.21. The number of carbonyl (C=O) groups excluding carboxylic acids is 1. The smallest absolute Gasteiger partial charge is 0.235 e. The van der Waals surface area contributed by atoms with Gasteiger partial charge in [-0.25, -0.2) is 4.39 Å². The normalized spacial score (nSPS) is 11.9. The van der Waals surface area contributed by atoms with Gasteiger partial charge in [0.2, 0.25) is 6.36 Å². The van der Waals surface area contributed by atoms with Gasteiger partial charge >= 0.3 is 0 Å². The number of ketones is 1. The molecule has 0 amide bonds. The molecule has 74 valence electrons. The van der Waals surface area contributed by atoms with Crippen LogP contribution in [-0.4, -0.2) is 12.1 Å². The molecule has 1 rings (SSSR count). The lowest BCUT2D eigenvalue weighted by atomic mass is 10.1. The number of hydrogen-bond acceptors (Lipinski definition) is 2. The zero-order valence-corrected chi connectivity index (χ0v) is 7.87. The Labute approximate surface area is 82.0 Å². The third kappa shape index (κ3) is 2.69. The molecule has 0 aromatic heterocycles. The van der Waals surface area contributed by atoms with Crippen LogP contribution >= 0.6 is 0 Å². The number of alkyl halides is 1. The molecule has 1 aromatic rings. The van der Waals surface area contributed by atoms with Crippen LogP contribution in [0.3, 0.4) is 0 Å². The summed E-state index contributed by atoms with van der Waals surface area (Å²) in [6.45, 7) is 4.66. The van der Waals surface area contributed by atoms with Gasteiger partial charge in [0.25, 0.3) is 0 Å². The largest absolute Gasteiger partial charge is 0.461 e. The molecule has 0 radical (unpaired) electrons. The van der Waals surface area contributed by atoms with E-state index in [1.54, 1.807) is 24.3 Å². The first kappa shape index (κ1) is 10.4. The third-order valence-electron chi connectivity index (χ3n) is 1.62. The van der Waals surface area contributed by atoms with Crippen molar-refractivity contribution in [3.63, 3.8) is 0 Å². The van der Waals surface area contributed by atoms with Crippen molar-refractivity contribution in [1.29, 1.82) is 0 Å². The highest BCUT2D eigenvalue weighted by Crippen LogP contribution is 2.14. The maximum absolute atomic E-state index is 12.4. The SMILES string of the molecule is C=CC(=O)c1ccc(OC(C)F)cc1. The van der Waals surface area contributed by atoms with Crippen LogP contribution in [0.5, 0.6) is 5.75 Å². The fourth-order valence-electron chi connectivity index (χ4n) is 1.00. The molecule has 0 aliphatic rings. The van der Waals surface area contributed by atoms with E-state index in [0.717, 1.165) is 0 Å². The van der Waals surface area contributed by atoms with Crippen LogP contribution in [-0.2, 0) is 0 Å². The zero-order chi connectivity index (χ0) is 10.6. The summed E-state index contributed by atoms with van der Waals surface area (Å²) in [6.07, 6.45) is -0.121. The number of hydrogen-bond donors (Lipinski definition) is 0. The second-order valence-electron chi connectivity index (χ2n) is 2.75. The second kappa shape index (κ2) is 4.56. The Morgan fingerprint density at radius 2 is 2.07 bits per heavy atom. The van der Waals surface area contributed by atoms with E-state index in [9.17, 15) is 9.18 Å². The van der Waals surface area contributed by atoms with Crippen LogP contribution in [0, 0.1) is 0 Å². The van der Waals surface area contributed by atoms with Crippen LogP contribution in [0.2, 0.25) is 0 Å². The van der Waals surface area contributed by atoms with Crippen molar-refractivity contribution >= 4 is 5.78 Å². The Morgan fingerprint density at radius 3 is 2.50 bits per heavy atom. The Morgan fingerprint density at radius 1 is 1.50 bits per heavy atom. The Bertz CT molecular complexity index is 328. The second-order valence-corrected chi connectivity index (χ2v) is 2.75. The highest BCUT2D eigenvalue weighted by molar-refractivity contribution is 6.04. The van der Waals surface area contributed by atoms with Crippen molar-refractivity contribution in [2.75, 3.05) is 0 Å². The van der Waals surface area contributed by atoms with Crippen LogP contribution < -0.4 is 4.74 Å². The molecule has 0 spiro atoms. The van der Waals surface area contributed by atoms with E-state index in [2.05, 4.69) is 6.58 Å². The van der Waals surface area contributed by atoms with Crippen LogP contribution in [0.4, 0.5) is 4.39 Å². The maximum Gasteiger partial charge on any atom is 0.235 e. The number of carbonyl (C=O) groups is 1. The van der Waals surface area contributed by atoms with Crippen LogP contribution in [0.15, 0.2) is 36.9 Å². The average molecular weight is 194 g/mol. The van der Waals surface area contributed by atoms with Crippen molar-refractivity contribution in [3.8, 4) is 5.75 Å². The Kier molecular flexibility index (Phi) is 3.40. The van der Waals surface area contributed by atoms with Crippen molar-refractivity contribution in [1.82, 2.24) is 0 Å². The molecule has 2 nitrogen and oxygen atoms in total. The molecule has 1 unspecified atom stereocenters. The molecule has 1 aromatic carbocycles. The quantitative estimate of drug-likeness (QED) is 0.544. The van der Waals surface area contributed by atoms with Crippen molar-refractivity contribution in [3.05, 3.63) is 42.5 Å². The van der Waals surface area contributed by atoms with Gasteiger partial charge < -0.3 is 4.74 Å². The molecule has 14 heavy (non-hydrogen) atoms. The maximum atomic E-state index is 12.4. The molecule has 0 aliphatic carbocycles. The van der Waals surface area contributed by atoms with Gasteiger partial charge in [0.15, 0.2) is 5.78 Å². The van der Waals surface area contributed by atoms with Crippen LogP contribution in [0.25, 0.3) is 0 Å². The zero-order valence-electron chi connectivity index (χ0n) is 7.87. The van der Waals surface area contributed by atoms with E-state index in [1.807, 2.05) is 0 Å². The van der Waals surface area contributed by atoms with Gasteiger partial charge in [0.05, 0.1) is 0 Å². The van der Waals surface area contributed by atoms with Crippen molar-refractivity contribution in [2.24, 2.45) is 0 Å². The molecule has 0 fully saturated rings. The molecule has 0 saturated heterocycles. The van der Waals surface area contributed by atoms with E-state index in [0.29, 0.717) is 11.3 Å². The van der Waals surface area contributed by atoms with Crippen molar-refractivity contribution in [2.45, 2.75) is 13.3 Å². The van der Waals surface area contributed by atoms with Gasteiger partial charge in [-0.05, 0) is 30.3 Å². The van der Waals surface area contributed by atoms with Gasteiger partial charge in [-0.15, -0.1) is 0 Å². The van der Waals surface area contributed by atoms with E-state index in [4.69, 9.17) is 4.74 Å². The van der Waals surface area contributed by atoms with Gasteiger partial charge in [-0.1, -0.05) is 6.58 Å². The van der Waals surface area contributed by atoms with Gasteiger partial charge in [0, 0.05) is 12.5 Å². The molecule has 0 aliphatic heterocycles. The highest BCUT2D eigenvalue weighted by atomic mass is 19.1. The summed E-state index contributed by atoms with van der Waals surface area (Å²) in [5.74, 6) is 0.241. The molecule has 0 heterocycles. The topological polar surface area (TPSA) is 26.3 Å². The lowest BCUT2D eigenvalue weighted by Gasteiger charge is -2.06. The first-order valence-corrected chi connectivity index (χ1v) is 4.21. The third-order valence-corrected chi connectivity index (χ3v) is 1.62. The fraction of sp³-hybridized carbons (Fsp3) is 0.182. The number of rotatable bonds is 4. The van der Waals surface area contributed by atoms with Gasteiger partial charge in [-0.2, -0.15) is 0 Å². The summed E-state index contributed by atoms with van der Waals surface area (Å²) < 4.78 is 17.2. The molecule has 1 atom stereocenters. The molecule has 3 heteroatoms. The van der Waals surface area contributed by atoms with E-state index in [1.165, 1.54) is 13.0 Å². The summed E-state index contributed by atoms with van der Waals surface area (Å²) in [6, 6.07) is 6.24. The Hall–Kier alpha value is -1.64. The summed E-state index contributed by atoms with van der Waals surface area (Å²) in [7, 11) is 0. The average Bonchev–Trinajstić information content (AvgIpc) is 2.17. The molecule has 0 saturated carbocycles. The number of allylic oxidation sites excluding steroid dienone is 1. The predicted molar refractivity (Wildman–Crippen MR) is 52.2 cm³/mol. The molecular weight excluding hydrogens is 183 g/mol. The minimum Gasteiger partial charge on any atom is -0.461 e. The number of halogens is 1. The van der Waals surface area contributed by atoms with Gasteiger partial charge in [0.1, 0.15) is 5.75 Å². The predicted octanol–water partition coefficient (Wildman–Crippen LogP) is 2.75. The minimum absolute atomic E-state index is 0.162. The Balaban J connectivity index is 2.78. The summed E-state index contributed by atoms with van der Waals surface area (Å²) in [5.41, 5.74) is 0.513.